The highest BCUT2D eigenvalue weighted by Gasteiger charge is 2.23. The number of nitrogens with zero attached hydrogens (tertiary/aromatic N) is 4. The first-order valence-electron chi connectivity index (χ1n) is 11.1. The Kier molecular flexibility index (Phi) is 7.26. The van der Waals surface area contributed by atoms with Crippen molar-refractivity contribution in [1.82, 2.24) is 14.5 Å². The van der Waals surface area contributed by atoms with E-state index < -0.39 is 0 Å². The van der Waals surface area contributed by atoms with Gasteiger partial charge in [0.05, 0.1) is 41.7 Å². The van der Waals surface area contributed by atoms with E-state index >= 15 is 0 Å². The smallest absolute Gasteiger partial charge is 0.255 e. The molecule has 9 nitrogen and oxygen atoms in total. The van der Waals surface area contributed by atoms with Gasteiger partial charge in [0.2, 0.25) is 0 Å². The zero-order valence-electron chi connectivity index (χ0n) is 19.2. The van der Waals surface area contributed by atoms with Crippen LogP contribution in [-0.2, 0) is 0 Å². The summed E-state index contributed by atoms with van der Waals surface area (Å²) in [6.07, 6.45) is 3.03. The van der Waals surface area contributed by atoms with E-state index in [4.69, 9.17) is 4.74 Å². The molecule has 1 amide bonds. The van der Waals surface area contributed by atoms with Crippen LogP contribution in [0.25, 0.3) is 5.52 Å². The van der Waals surface area contributed by atoms with Crippen molar-refractivity contribution in [2.45, 2.75) is 6.92 Å². The van der Waals surface area contributed by atoms with Crippen LogP contribution >= 0.6 is 0 Å². The summed E-state index contributed by atoms with van der Waals surface area (Å²) in [5.74, 6) is 1.07. The number of nitriles is 1. The number of nitrogens with one attached hydrogen (secondary N) is 1. The molecule has 0 aliphatic carbocycles. The second-order valence-electron chi connectivity index (χ2n) is 7.81. The van der Waals surface area contributed by atoms with Crippen molar-refractivity contribution >= 4 is 22.8 Å². The average molecular weight is 472 g/mol. The molecule has 0 bridgehead atoms. The lowest BCUT2D eigenvalue weighted by molar-refractivity contribution is 0.0684. The van der Waals surface area contributed by atoms with Crippen LogP contribution in [0.2, 0.25) is 0 Å². The number of rotatable bonds is 9. The molecule has 0 atom stereocenters. The van der Waals surface area contributed by atoms with Gasteiger partial charge in [0.15, 0.2) is 0 Å². The van der Waals surface area contributed by atoms with Crippen LogP contribution in [0.5, 0.6) is 11.5 Å². The topological polar surface area (TPSA) is 123 Å². The summed E-state index contributed by atoms with van der Waals surface area (Å²) < 4.78 is 7.39. The van der Waals surface area contributed by atoms with Crippen LogP contribution in [0, 0.1) is 18.3 Å². The molecule has 0 unspecified atom stereocenters. The van der Waals surface area contributed by atoms with Crippen molar-refractivity contribution in [3.8, 4) is 17.6 Å². The molecule has 2 heterocycles. The van der Waals surface area contributed by atoms with Gasteiger partial charge in [-0.15, -0.1) is 0 Å². The van der Waals surface area contributed by atoms with Gasteiger partial charge in [-0.2, -0.15) is 10.4 Å². The molecule has 0 saturated carbocycles. The quantitative estimate of drug-likeness (QED) is 0.341. The number of aromatic nitrogens is 2. The molecule has 35 heavy (non-hydrogen) atoms. The van der Waals surface area contributed by atoms with Crippen LogP contribution in [0.15, 0.2) is 67.0 Å². The van der Waals surface area contributed by atoms with Crippen molar-refractivity contribution < 1.29 is 19.7 Å². The van der Waals surface area contributed by atoms with Crippen LogP contribution in [0.1, 0.15) is 21.5 Å². The normalized spacial score (nSPS) is 10.7. The van der Waals surface area contributed by atoms with Gasteiger partial charge in [0.25, 0.3) is 5.91 Å². The fourth-order valence-electron chi connectivity index (χ4n) is 3.82. The number of para-hydroxylation sites is 1. The van der Waals surface area contributed by atoms with E-state index in [1.54, 1.807) is 17.6 Å². The molecule has 0 fully saturated rings. The van der Waals surface area contributed by atoms with E-state index in [0.717, 1.165) is 11.4 Å². The third-order valence-corrected chi connectivity index (χ3v) is 5.54. The Morgan fingerprint density at radius 2 is 1.74 bits per heavy atom. The van der Waals surface area contributed by atoms with Crippen molar-refractivity contribution in [1.29, 1.82) is 5.26 Å². The van der Waals surface area contributed by atoms with E-state index in [1.807, 2.05) is 54.6 Å². The molecule has 0 aliphatic rings. The molecule has 3 N–H and O–H groups in total. The minimum atomic E-state index is -0.331. The number of hydrogen-bond acceptors (Lipinski definition) is 7. The van der Waals surface area contributed by atoms with Gasteiger partial charge in [-0.3, -0.25) is 4.79 Å². The van der Waals surface area contributed by atoms with E-state index in [0.29, 0.717) is 33.6 Å². The Balaban J connectivity index is 1.67. The van der Waals surface area contributed by atoms with Crippen LogP contribution < -0.4 is 10.1 Å². The first kappa shape index (κ1) is 23.8. The number of aliphatic hydroxyl groups excluding tert-OH is 2. The summed E-state index contributed by atoms with van der Waals surface area (Å²) in [6.45, 7) is 1.55. The van der Waals surface area contributed by atoms with Gasteiger partial charge in [-0.25, -0.2) is 4.52 Å². The predicted octanol–water partition coefficient (Wildman–Crippen LogP) is 3.48. The van der Waals surface area contributed by atoms with Gasteiger partial charge >= 0.3 is 0 Å². The zero-order chi connectivity index (χ0) is 24.8. The van der Waals surface area contributed by atoms with Gasteiger partial charge in [0.1, 0.15) is 17.6 Å². The van der Waals surface area contributed by atoms with E-state index in [2.05, 4.69) is 16.5 Å². The standard InChI is InChI=1S/C26H25N5O4/c1-18-23(26(34)30(11-13-32)12-14-33)17-31-25(18)24(19(15-27)16-28-31)29-20-7-9-22(10-8-20)35-21-5-3-2-4-6-21/h2-10,16-17,29,32-33H,11-14H2,1H3. The highest BCUT2D eigenvalue weighted by atomic mass is 16.5. The Labute approximate surface area is 202 Å². The minimum Gasteiger partial charge on any atom is -0.457 e. The van der Waals surface area contributed by atoms with Crippen molar-refractivity contribution in [2.24, 2.45) is 0 Å². The lowest BCUT2D eigenvalue weighted by Gasteiger charge is -2.20. The summed E-state index contributed by atoms with van der Waals surface area (Å²) in [7, 11) is 0. The third kappa shape index (κ3) is 5.09. The molecule has 0 aliphatic heterocycles. The summed E-state index contributed by atoms with van der Waals surface area (Å²) in [5.41, 5.74) is 3.17. The number of aliphatic hydroxyl groups is 2. The summed E-state index contributed by atoms with van der Waals surface area (Å²) in [6, 6.07) is 18.9. The highest BCUT2D eigenvalue weighted by Crippen LogP contribution is 2.31. The average Bonchev–Trinajstić information content (AvgIpc) is 3.22. The van der Waals surface area contributed by atoms with Crippen LogP contribution in [0.4, 0.5) is 11.4 Å². The van der Waals surface area contributed by atoms with Gasteiger partial charge < -0.3 is 25.2 Å². The van der Waals surface area contributed by atoms with Gasteiger partial charge in [-0.05, 0) is 48.9 Å². The molecule has 0 saturated heterocycles. The maximum atomic E-state index is 13.1. The van der Waals surface area contributed by atoms with Crippen molar-refractivity contribution in [3.63, 3.8) is 0 Å². The monoisotopic (exact) mass is 471 g/mol. The molecule has 0 spiro atoms. The number of hydrogen-bond donors (Lipinski definition) is 3. The fourth-order valence-corrected chi connectivity index (χ4v) is 3.82. The highest BCUT2D eigenvalue weighted by molar-refractivity contribution is 6.00. The predicted molar refractivity (Wildman–Crippen MR) is 131 cm³/mol. The molecule has 178 valence electrons. The zero-order valence-corrected chi connectivity index (χ0v) is 19.2. The summed E-state index contributed by atoms with van der Waals surface area (Å²) in [4.78, 5) is 14.5. The molecule has 2 aromatic carbocycles. The molecule has 9 heteroatoms. The maximum absolute atomic E-state index is 13.1. The van der Waals surface area contributed by atoms with E-state index in [1.165, 1.54) is 11.1 Å². The molecular formula is C26H25N5O4. The number of carbonyl (C=O) groups excluding carboxylic acids is 1. The number of benzene rings is 2. The number of amides is 1. The first-order valence-corrected chi connectivity index (χ1v) is 11.1. The van der Waals surface area contributed by atoms with Crippen LogP contribution in [-0.4, -0.2) is 56.9 Å². The number of anilines is 2. The number of carbonyl (C=O) groups is 1. The van der Waals surface area contributed by atoms with Crippen LogP contribution in [0.3, 0.4) is 0 Å². The number of ether oxygens (including phenoxy) is 1. The first-order chi connectivity index (χ1) is 17.0. The van der Waals surface area contributed by atoms with Crippen molar-refractivity contribution in [2.75, 3.05) is 31.6 Å². The second-order valence-corrected chi connectivity index (χ2v) is 7.81. The number of aryl methyl sites for hydroxylation is 1. The Morgan fingerprint density at radius 3 is 2.37 bits per heavy atom. The number of fused-ring (bicyclic) bond motifs is 1. The van der Waals surface area contributed by atoms with Gasteiger partial charge in [-0.1, -0.05) is 18.2 Å². The SMILES string of the molecule is Cc1c(C(=O)N(CCO)CCO)cn2ncc(C#N)c(Nc3ccc(Oc4ccccc4)cc3)c12. The molecule has 2 aromatic heterocycles. The third-order valence-electron chi connectivity index (χ3n) is 5.54. The molecule has 4 aromatic rings. The largest absolute Gasteiger partial charge is 0.457 e. The molecule has 0 radical (unpaired) electrons. The lowest BCUT2D eigenvalue weighted by Crippen LogP contribution is -2.36. The lowest BCUT2D eigenvalue weighted by atomic mass is 10.1. The van der Waals surface area contributed by atoms with E-state index in [-0.39, 0.29) is 32.2 Å². The fraction of sp³-hybridized carbons (Fsp3) is 0.192. The van der Waals surface area contributed by atoms with E-state index in [9.17, 15) is 20.3 Å². The molecule has 4 rings (SSSR count). The Morgan fingerprint density at radius 1 is 1.09 bits per heavy atom. The minimum absolute atomic E-state index is 0.102. The van der Waals surface area contributed by atoms with Gasteiger partial charge in [0, 0.05) is 25.0 Å². The Hall–Kier alpha value is -4.39. The second kappa shape index (κ2) is 10.7. The van der Waals surface area contributed by atoms with Crippen molar-refractivity contribution in [3.05, 3.63) is 83.7 Å². The molecular weight excluding hydrogens is 446 g/mol. The summed E-state index contributed by atoms with van der Waals surface area (Å²) >= 11 is 0. The Bertz CT molecular complexity index is 1350. The summed E-state index contributed by atoms with van der Waals surface area (Å²) in [5, 5.41) is 35.9. The maximum Gasteiger partial charge on any atom is 0.255 e.